The van der Waals surface area contributed by atoms with E-state index in [1.165, 1.54) is 4.90 Å². The van der Waals surface area contributed by atoms with Crippen molar-refractivity contribution in [2.75, 3.05) is 16.9 Å². The summed E-state index contributed by atoms with van der Waals surface area (Å²) in [5, 5.41) is 19.9. The Hall–Kier alpha value is -3.41. The Labute approximate surface area is 144 Å². The molecule has 1 aromatic carbocycles. The second-order valence-electron chi connectivity index (χ2n) is 5.91. The molecule has 1 aromatic rings. The summed E-state index contributed by atoms with van der Waals surface area (Å²) in [6.45, 7) is 2.40. The van der Waals surface area contributed by atoms with Crippen LogP contribution in [0.25, 0.3) is 0 Å². The Kier molecular flexibility index (Phi) is 4.10. The smallest absolute Gasteiger partial charge is 0.332 e. The Morgan fingerprint density at radius 2 is 2.24 bits per heavy atom. The zero-order chi connectivity index (χ0) is 18.1. The molecule has 0 saturated carbocycles. The molecule has 1 unspecified atom stereocenters. The number of fused-ring (bicyclic) bond motifs is 1. The van der Waals surface area contributed by atoms with Gasteiger partial charge in [0.15, 0.2) is 5.84 Å². The van der Waals surface area contributed by atoms with Crippen molar-refractivity contribution >= 4 is 34.9 Å². The minimum atomic E-state index is -0.451. The van der Waals surface area contributed by atoms with Gasteiger partial charge in [0.2, 0.25) is 5.71 Å². The van der Waals surface area contributed by atoms with Crippen LogP contribution in [0, 0.1) is 23.7 Å². The van der Waals surface area contributed by atoms with Crippen LogP contribution < -0.4 is 16.1 Å². The van der Waals surface area contributed by atoms with E-state index in [9.17, 15) is 9.59 Å². The molecule has 9 heteroatoms. The van der Waals surface area contributed by atoms with Crippen LogP contribution in [0.5, 0.6) is 0 Å². The molecule has 2 heterocycles. The Morgan fingerprint density at radius 3 is 2.88 bits per heavy atom. The number of carbonyl (C=O) groups is 2. The van der Waals surface area contributed by atoms with Gasteiger partial charge in [0.05, 0.1) is 11.4 Å². The van der Waals surface area contributed by atoms with Crippen LogP contribution in [0.3, 0.4) is 0 Å². The van der Waals surface area contributed by atoms with E-state index < -0.39 is 5.84 Å². The van der Waals surface area contributed by atoms with Crippen molar-refractivity contribution in [3.05, 3.63) is 23.8 Å². The number of amides is 3. The molecule has 3 amide bonds. The molecule has 2 saturated heterocycles. The van der Waals surface area contributed by atoms with Crippen LogP contribution in [-0.4, -0.2) is 41.0 Å². The number of nitriles is 1. The van der Waals surface area contributed by atoms with Gasteiger partial charge < -0.3 is 10.6 Å². The van der Waals surface area contributed by atoms with Crippen molar-refractivity contribution in [3.8, 4) is 6.07 Å². The Morgan fingerprint density at radius 1 is 1.48 bits per heavy atom. The number of nitrogens with one attached hydrogen (secondary N) is 2. The highest BCUT2D eigenvalue weighted by molar-refractivity contribution is 6.45. The number of rotatable bonds is 4. The predicted octanol–water partition coefficient (Wildman–Crippen LogP) is 1.15. The summed E-state index contributed by atoms with van der Waals surface area (Å²) in [6, 6.07) is 6.09. The van der Waals surface area contributed by atoms with Crippen molar-refractivity contribution < 1.29 is 9.59 Å². The summed E-state index contributed by atoms with van der Waals surface area (Å²) in [5.74, 6) is -0.666. The number of hydrogen-bond donors (Lipinski definition) is 3. The molecule has 0 aromatic heterocycles. The molecule has 3 rings (SSSR count). The maximum absolute atomic E-state index is 12.6. The van der Waals surface area contributed by atoms with Crippen molar-refractivity contribution in [2.45, 2.75) is 25.8 Å². The van der Waals surface area contributed by atoms with Gasteiger partial charge >= 0.3 is 6.03 Å². The molecular weight excluding hydrogens is 322 g/mol. The first-order valence-corrected chi connectivity index (χ1v) is 7.77. The lowest BCUT2D eigenvalue weighted by Gasteiger charge is -2.18. The molecular formula is C16H17N7O2. The Balaban J connectivity index is 1.91. The third-order valence-electron chi connectivity index (χ3n) is 4.30. The lowest BCUT2D eigenvalue weighted by molar-refractivity contribution is -0.119. The molecule has 2 fully saturated rings. The average Bonchev–Trinajstić information content (AvgIpc) is 3.14. The molecule has 0 bridgehead atoms. The van der Waals surface area contributed by atoms with Gasteiger partial charge in [-0.1, -0.05) is 6.07 Å². The standard InChI is InChI=1S/C16H17N7O2/c1-9-4-5-10(20-21-11(8-17)14(18)19)7-13(9)23-15(24)12-3-2-6-22(12)16(23)25/h4-5,7,12,20H,2-3,6H2,1H3,(H3,18,19)/b21-11+. The molecule has 9 nitrogen and oxygen atoms in total. The summed E-state index contributed by atoms with van der Waals surface area (Å²) in [6.07, 6.45) is 1.53. The van der Waals surface area contributed by atoms with Crippen LogP contribution in [0.2, 0.25) is 0 Å². The van der Waals surface area contributed by atoms with E-state index in [2.05, 4.69) is 10.5 Å². The predicted molar refractivity (Wildman–Crippen MR) is 92.4 cm³/mol. The average molecular weight is 339 g/mol. The number of imide groups is 1. The minimum absolute atomic E-state index is 0.215. The van der Waals surface area contributed by atoms with E-state index in [0.717, 1.165) is 12.0 Å². The van der Waals surface area contributed by atoms with Gasteiger partial charge in [-0.2, -0.15) is 10.4 Å². The number of aryl methyl sites for hydroxylation is 1. The van der Waals surface area contributed by atoms with Crippen molar-refractivity contribution in [1.82, 2.24) is 4.90 Å². The van der Waals surface area contributed by atoms with Crippen LogP contribution in [0.15, 0.2) is 23.3 Å². The van der Waals surface area contributed by atoms with Crippen molar-refractivity contribution in [3.63, 3.8) is 0 Å². The number of nitrogens with zero attached hydrogens (tertiary/aromatic N) is 4. The summed E-state index contributed by atoms with van der Waals surface area (Å²) in [5.41, 5.74) is 9.34. The lowest BCUT2D eigenvalue weighted by Crippen LogP contribution is -2.33. The summed E-state index contributed by atoms with van der Waals surface area (Å²) < 4.78 is 0. The number of nitrogens with two attached hydrogens (primary N) is 1. The number of hydrogen-bond acceptors (Lipinski definition) is 6. The van der Waals surface area contributed by atoms with Crippen LogP contribution in [-0.2, 0) is 4.79 Å². The van der Waals surface area contributed by atoms with Crippen LogP contribution >= 0.6 is 0 Å². The van der Waals surface area contributed by atoms with Crippen molar-refractivity contribution in [1.29, 1.82) is 10.7 Å². The fraction of sp³-hybridized carbons (Fsp3) is 0.312. The SMILES string of the molecule is Cc1ccc(N/N=C(\C#N)C(=N)N)cc1N1C(=O)C2CCCN2C1=O. The summed E-state index contributed by atoms with van der Waals surface area (Å²) >= 11 is 0. The fourth-order valence-corrected chi connectivity index (χ4v) is 3.03. The van der Waals surface area contributed by atoms with Crippen LogP contribution in [0.1, 0.15) is 18.4 Å². The quantitative estimate of drug-likeness (QED) is 0.327. The third-order valence-corrected chi connectivity index (χ3v) is 4.30. The molecule has 0 radical (unpaired) electrons. The molecule has 0 aliphatic carbocycles. The van der Waals surface area contributed by atoms with Crippen LogP contribution in [0.4, 0.5) is 16.2 Å². The largest absolute Gasteiger partial charge is 0.382 e. The molecule has 128 valence electrons. The van der Waals surface area contributed by atoms with Gasteiger partial charge in [-0.25, -0.2) is 9.69 Å². The molecule has 25 heavy (non-hydrogen) atoms. The Bertz CT molecular complexity index is 817. The number of anilines is 2. The van der Waals surface area contributed by atoms with E-state index in [1.54, 1.807) is 29.2 Å². The topological polar surface area (TPSA) is 139 Å². The van der Waals surface area contributed by atoms with E-state index in [1.807, 2.05) is 6.92 Å². The molecule has 0 spiro atoms. The number of amidine groups is 1. The maximum Gasteiger partial charge on any atom is 0.332 e. The number of carbonyl (C=O) groups excluding carboxylic acids is 2. The summed E-state index contributed by atoms with van der Waals surface area (Å²) in [7, 11) is 0. The first-order valence-electron chi connectivity index (χ1n) is 7.77. The van der Waals surface area contributed by atoms with Gasteiger partial charge in [0, 0.05) is 6.54 Å². The molecule has 1 atom stereocenters. The highest BCUT2D eigenvalue weighted by atomic mass is 16.2. The first kappa shape index (κ1) is 16.4. The summed E-state index contributed by atoms with van der Waals surface area (Å²) in [4.78, 5) is 27.9. The van der Waals surface area contributed by atoms with E-state index in [4.69, 9.17) is 16.4 Å². The van der Waals surface area contributed by atoms with Gasteiger partial charge in [0.25, 0.3) is 5.91 Å². The van der Waals surface area contributed by atoms with Gasteiger partial charge in [-0.3, -0.25) is 15.6 Å². The second-order valence-corrected chi connectivity index (χ2v) is 5.91. The first-order chi connectivity index (χ1) is 11.9. The van der Waals surface area contributed by atoms with Gasteiger partial charge in [-0.15, -0.1) is 0 Å². The van der Waals surface area contributed by atoms with Gasteiger partial charge in [0.1, 0.15) is 12.1 Å². The highest BCUT2D eigenvalue weighted by Gasteiger charge is 2.48. The zero-order valence-corrected chi connectivity index (χ0v) is 13.6. The lowest BCUT2D eigenvalue weighted by atomic mass is 10.1. The molecule has 2 aliphatic heterocycles. The molecule has 2 aliphatic rings. The normalized spacial score (nSPS) is 19.8. The number of hydrazone groups is 1. The highest BCUT2D eigenvalue weighted by Crippen LogP contribution is 2.34. The third kappa shape index (κ3) is 2.78. The zero-order valence-electron chi connectivity index (χ0n) is 13.6. The number of urea groups is 1. The second kappa shape index (κ2) is 6.24. The monoisotopic (exact) mass is 339 g/mol. The van der Waals surface area contributed by atoms with Crippen molar-refractivity contribution in [2.24, 2.45) is 10.8 Å². The van der Waals surface area contributed by atoms with E-state index >= 15 is 0 Å². The molecule has 4 N–H and O–H groups in total. The van der Waals surface area contributed by atoms with E-state index in [-0.39, 0.29) is 23.7 Å². The number of benzene rings is 1. The van der Waals surface area contributed by atoms with E-state index in [0.29, 0.717) is 24.3 Å². The minimum Gasteiger partial charge on any atom is -0.382 e. The van der Waals surface area contributed by atoms with Gasteiger partial charge in [-0.05, 0) is 37.5 Å². The maximum atomic E-state index is 12.6. The fourth-order valence-electron chi connectivity index (χ4n) is 3.03.